The molecule has 1 aromatic carbocycles. The molecule has 0 amide bonds. The Bertz CT molecular complexity index is 437. The predicted octanol–water partition coefficient (Wildman–Crippen LogP) is 1.51. The first-order valence-electron chi connectivity index (χ1n) is 4.78. The first kappa shape index (κ1) is 9.86. The second-order valence-electron chi connectivity index (χ2n) is 3.28. The van der Waals surface area contributed by atoms with Crippen LogP contribution < -0.4 is 5.73 Å². The smallest absolute Gasteiger partial charge is 0.123 e. The van der Waals surface area contributed by atoms with Gasteiger partial charge in [-0.25, -0.2) is 9.37 Å². The van der Waals surface area contributed by atoms with Crippen LogP contribution in [0.4, 0.5) is 4.39 Å². The summed E-state index contributed by atoms with van der Waals surface area (Å²) in [7, 11) is 0. The molecule has 2 N–H and O–H groups in total. The molecule has 0 aliphatic rings. The highest BCUT2D eigenvalue weighted by molar-refractivity contribution is 5.41. The Balaban J connectivity index is 2.46. The lowest BCUT2D eigenvalue weighted by Crippen LogP contribution is -2.06. The van der Waals surface area contributed by atoms with Crippen LogP contribution in [0.1, 0.15) is 5.56 Å². The minimum Gasteiger partial charge on any atom is -0.330 e. The summed E-state index contributed by atoms with van der Waals surface area (Å²) < 4.78 is 14.9. The molecule has 1 aromatic heterocycles. The second-order valence-corrected chi connectivity index (χ2v) is 3.28. The summed E-state index contributed by atoms with van der Waals surface area (Å²) >= 11 is 0. The highest BCUT2D eigenvalue weighted by Gasteiger charge is 2.04. The standard InChI is InChI=1S/C11H12FN3/c12-10-1-2-11(9(7-10)3-4-13)15-6-5-14-8-15/h1-2,5-8H,3-4,13H2. The maximum atomic E-state index is 13.0. The maximum absolute atomic E-state index is 13.0. The zero-order valence-electron chi connectivity index (χ0n) is 8.23. The summed E-state index contributed by atoms with van der Waals surface area (Å²) in [4.78, 5) is 3.96. The average molecular weight is 205 g/mol. The third kappa shape index (κ3) is 2.05. The van der Waals surface area contributed by atoms with E-state index in [2.05, 4.69) is 4.98 Å². The second kappa shape index (κ2) is 4.23. The Hall–Kier alpha value is -1.68. The number of hydrogen-bond donors (Lipinski definition) is 1. The molecule has 15 heavy (non-hydrogen) atoms. The summed E-state index contributed by atoms with van der Waals surface area (Å²) in [6, 6.07) is 4.69. The van der Waals surface area contributed by atoms with Gasteiger partial charge < -0.3 is 10.3 Å². The van der Waals surface area contributed by atoms with Gasteiger partial charge in [0.1, 0.15) is 5.82 Å². The molecule has 0 radical (unpaired) electrons. The van der Waals surface area contributed by atoms with Crippen LogP contribution in [0.15, 0.2) is 36.9 Å². The average Bonchev–Trinajstić information content (AvgIpc) is 2.71. The van der Waals surface area contributed by atoms with Crippen LogP contribution in [0, 0.1) is 5.82 Å². The zero-order chi connectivity index (χ0) is 10.7. The van der Waals surface area contributed by atoms with Crippen molar-refractivity contribution >= 4 is 0 Å². The first-order chi connectivity index (χ1) is 7.31. The van der Waals surface area contributed by atoms with Crippen LogP contribution in [-0.2, 0) is 6.42 Å². The van der Waals surface area contributed by atoms with Crippen molar-refractivity contribution in [2.75, 3.05) is 6.54 Å². The molecular formula is C11H12FN3. The van der Waals surface area contributed by atoms with Gasteiger partial charge in [0.15, 0.2) is 0 Å². The van der Waals surface area contributed by atoms with Crippen molar-refractivity contribution in [3.63, 3.8) is 0 Å². The van der Waals surface area contributed by atoms with Gasteiger partial charge in [0.05, 0.1) is 6.33 Å². The van der Waals surface area contributed by atoms with Gasteiger partial charge >= 0.3 is 0 Å². The molecule has 0 aliphatic carbocycles. The van der Waals surface area contributed by atoms with Crippen LogP contribution in [0.5, 0.6) is 0 Å². The number of benzene rings is 1. The largest absolute Gasteiger partial charge is 0.330 e. The lowest BCUT2D eigenvalue weighted by Gasteiger charge is -2.09. The number of nitrogens with two attached hydrogens (primary N) is 1. The van der Waals surface area contributed by atoms with Crippen LogP contribution in [0.3, 0.4) is 0 Å². The molecule has 0 unspecified atom stereocenters. The number of aromatic nitrogens is 2. The van der Waals surface area contributed by atoms with E-state index in [-0.39, 0.29) is 5.82 Å². The van der Waals surface area contributed by atoms with E-state index in [1.807, 2.05) is 10.8 Å². The fourth-order valence-corrected chi connectivity index (χ4v) is 1.56. The number of rotatable bonds is 3. The Morgan fingerprint density at radius 3 is 2.93 bits per heavy atom. The van der Waals surface area contributed by atoms with Crippen molar-refractivity contribution < 1.29 is 4.39 Å². The van der Waals surface area contributed by atoms with Gasteiger partial charge in [-0.2, -0.15) is 0 Å². The molecule has 0 aliphatic heterocycles. The van der Waals surface area contributed by atoms with Gasteiger partial charge in [-0.05, 0) is 36.7 Å². The van der Waals surface area contributed by atoms with Gasteiger partial charge in [-0.1, -0.05) is 0 Å². The van der Waals surface area contributed by atoms with Crippen LogP contribution >= 0.6 is 0 Å². The fourth-order valence-electron chi connectivity index (χ4n) is 1.56. The normalized spacial score (nSPS) is 10.5. The molecule has 0 fully saturated rings. The molecule has 2 aromatic rings. The van der Waals surface area contributed by atoms with Crippen LogP contribution in [0.2, 0.25) is 0 Å². The summed E-state index contributed by atoms with van der Waals surface area (Å²) in [5, 5.41) is 0. The van der Waals surface area contributed by atoms with E-state index in [9.17, 15) is 4.39 Å². The minimum atomic E-state index is -0.234. The van der Waals surface area contributed by atoms with Crippen molar-refractivity contribution in [2.45, 2.75) is 6.42 Å². The highest BCUT2D eigenvalue weighted by atomic mass is 19.1. The first-order valence-corrected chi connectivity index (χ1v) is 4.78. The van der Waals surface area contributed by atoms with Gasteiger partial charge in [0, 0.05) is 18.1 Å². The summed E-state index contributed by atoms with van der Waals surface area (Å²) in [5.74, 6) is -0.234. The van der Waals surface area contributed by atoms with Crippen molar-refractivity contribution in [3.05, 3.63) is 48.3 Å². The summed E-state index contributed by atoms with van der Waals surface area (Å²) in [6.45, 7) is 0.505. The van der Waals surface area contributed by atoms with E-state index < -0.39 is 0 Å². The number of hydrogen-bond acceptors (Lipinski definition) is 2. The van der Waals surface area contributed by atoms with Gasteiger partial charge in [0.2, 0.25) is 0 Å². The van der Waals surface area contributed by atoms with E-state index >= 15 is 0 Å². The fraction of sp³-hybridized carbons (Fsp3) is 0.182. The third-order valence-corrected chi connectivity index (χ3v) is 2.24. The number of imidazole rings is 1. The minimum absolute atomic E-state index is 0.234. The molecular weight excluding hydrogens is 193 g/mol. The molecule has 4 heteroatoms. The molecule has 0 saturated carbocycles. The monoisotopic (exact) mass is 205 g/mol. The van der Waals surface area contributed by atoms with Gasteiger partial charge in [-0.15, -0.1) is 0 Å². The van der Waals surface area contributed by atoms with E-state index in [0.717, 1.165) is 11.3 Å². The zero-order valence-corrected chi connectivity index (χ0v) is 8.23. The van der Waals surface area contributed by atoms with Crippen molar-refractivity contribution in [2.24, 2.45) is 5.73 Å². The van der Waals surface area contributed by atoms with Gasteiger partial charge in [0.25, 0.3) is 0 Å². The van der Waals surface area contributed by atoms with Gasteiger partial charge in [-0.3, -0.25) is 0 Å². The van der Waals surface area contributed by atoms with E-state index in [1.54, 1.807) is 18.6 Å². The summed E-state index contributed by atoms with van der Waals surface area (Å²) in [5.41, 5.74) is 7.31. The molecule has 2 rings (SSSR count). The van der Waals surface area contributed by atoms with E-state index in [0.29, 0.717) is 13.0 Å². The molecule has 78 valence electrons. The van der Waals surface area contributed by atoms with Crippen LogP contribution in [0.25, 0.3) is 5.69 Å². The number of halogens is 1. The SMILES string of the molecule is NCCc1cc(F)ccc1-n1ccnc1. The van der Waals surface area contributed by atoms with Crippen LogP contribution in [-0.4, -0.2) is 16.1 Å². The summed E-state index contributed by atoms with van der Waals surface area (Å²) in [6.07, 6.45) is 5.86. The number of nitrogens with zero attached hydrogens (tertiary/aromatic N) is 2. The topological polar surface area (TPSA) is 43.8 Å². The Kier molecular flexibility index (Phi) is 2.78. The lowest BCUT2D eigenvalue weighted by molar-refractivity contribution is 0.624. The predicted molar refractivity (Wildman–Crippen MR) is 56.3 cm³/mol. The third-order valence-electron chi connectivity index (χ3n) is 2.24. The molecule has 3 nitrogen and oxygen atoms in total. The Labute approximate surface area is 87.4 Å². The Morgan fingerprint density at radius 1 is 1.40 bits per heavy atom. The molecule has 0 spiro atoms. The molecule has 0 bridgehead atoms. The highest BCUT2D eigenvalue weighted by Crippen LogP contribution is 2.16. The van der Waals surface area contributed by atoms with E-state index in [4.69, 9.17) is 5.73 Å². The van der Waals surface area contributed by atoms with E-state index in [1.165, 1.54) is 12.1 Å². The van der Waals surface area contributed by atoms with Crippen molar-refractivity contribution in [3.8, 4) is 5.69 Å². The van der Waals surface area contributed by atoms with Crippen molar-refractivity contribution in [1.82, 2.24) is 9.55 Å². The molecule has 1 heterocycles. The molecule has 0 saturated heterocycles. The lowest BCUT2D eigenvalue weighted by atomic mass is 10.1. The quantitative estimate of drug-likeness (QED) is 0.825. The Morgan fingerprint density at radius 2 is 2.27 bits per heavy atom. The molecule has 0 atom stereocenters. The maximum Gasteiger partial charge on any atom is 0.123 e. The van der Waals surface area contributed by atoms with Crippen molar-refractivity contribution in [1.29, 1.82) is 0 Å².